The number of rotatable bonds is 4. The molecule has 0 atom stereocenters. The van der Waals surface area contributed by atoms with E-state index in [2.05, 4.69) is 5.10 Å². The smallest absolute Gasteiger partial charge is 0.270 e. The second-order valence-corrected chi connectivity index (χ2v) is 4.93. The van der Waals surface area contributed by atoms with Crippen LogP contribution in [0, 0.1) is 15.9 Å². The van der Waals surface area contributed by atoms with Crippen LogP contribution in [0.25, 0.3) is 0 Å². The summed E-state index contributed by atoms with van der Waals surface area (Å²) in [5.74, 6) is 4.79. The number of hydrazone groups is 1. The maximum Gasteiger partial charge on any atom is 0.270 e. The normalized spacial score (nSPS) is 10.8. The average molecular weight is 291 g/mol. The van der Waals surface area contributed by atoms with Crippen LogP contribution in [0.2, 0.25) is 0 Å². The molecule has 0 heterocycles. The van der Waals surface area contributed by atoms with Gasteiger partial charge in [-0.1, -0.05) is 11.8 Å². The van der Waals surface area contributed by atoms with E-state index in [4.69, 9.17) is 5.84 Å². The van der Waals surface area contributed by atoms with E-state index in [9.17, 15) is 14.5 Å². The second kappa shape index (κ2) is 6.16. The third kappa shape index (κ3) is 3.33. The van der Waals surface area contributed by atoms with E-state index in [0.717, 1.165) is 9.79 Å². The molecular weight excluding hydrogens is 281 g/mol. The molecule has 0 saturated carbocycles. The molecule has 102 valence electrons. The summed E-state index contributed by atoms with van der Waals surface area (Å²) in [5.41, 5.74) is 0.499. The summed E-state index contributed by atoms with van der Waals surface area (Å²) in [6.07, 6.45) is 1.35. The minimum absolute atomic E-state index is 0.0386. The minimum atomic E-state index is -0.486. The Labute approximate surface area is 118 Å². The molecule has 0 aliphatic heterocycles. The van der Waals surface area contributed by atoms with Crippen LogP contribution in [0.4, 0.5) is 10.1 Å². The quantitative estimate of drug-likeness (QED) is 0.406. The monoisotopic (exact) mass is 291 g/mol. The van der Waals surface area contributed by atoms with Crippen molar-refractivity contribution in [3.8, 4) is 0 Å². The van der Waals surface area contributed by atoms with Gasteiger partial charge in [-0.25, -0.2) is 4.39 Å². The first-order valence-corrected chi connectivity index (χ1v) is 6.37. The van der Waals surface area contributed by atoms with Crippen molar-refractivity contribution in [3.05, 3.63) is 64.0 Å². The summed E-state index contributed by atoms with van der Waals surface area (Å²) in [4.78, 5) is 11.8. The molecule has 0 aliphatic carbocycles. The van der Waals surface area contributed by atoms with E-state index in [1.807, 2.05) is 0 Å². The number of hydrogen-bond acceptors (Lipinski definition) is 5. The van der Waals surface area contributed by atoms with Gasteiger partial charge in [0.05, 0.1) is 11.1 Å². The predicted molar refractivity (Wildman–Crippen MR) is 75.4 cm³/mol. The zero-order valence-electron chi connectivity index (χ0n) is 10.2. The highest BCUT2D eigenvalue weighted by Gasteiger charge is 2.10. The molecule has 0 fully saturated rings. The van der Waals surface area contributed by atoms with Crippen molar-refractivity contribution in [2.45, 2.75) is 9.79 Å². The zero-order chi connectivity index (χ0) is 14.5. The maximum absolute atomic E-state index is 12.8. The molecule has 2 rings (SSSR count). The Morgan fingerprint density at radius 1 is 1.25 bits per heavy atom. The molecule has 0 aromatic heterocycles. The van der Waals surface area contributed by atoms with E-state index < -0.39 is 4.92 Å². The third-order valence-corrected chi connectivity index (χ3v) is 3.56. The van der Waals surface area contributed by atoms with Crippen LogP contribution >= 0.6 is 11.8 Å². The lowest BCUT2D eigenvalue weighted by atomic mass is 10.2. The van der Waals surface area contributed by atoms with Crippen LogP contribution in [0.1, 0.15) is 5.56 Å². The van der Waals surface area contributed by atoms with Gasteiger partial charge in [-0.15, -0.1) is 0 Å². The summed E-state index contributed by atoms with van der Waals surface area (Å²) in [7, 11) is 0. The van der Waals surface area contributed by atoms with E-state index >= 15 is 0 Å². The lowest BCUT2D eigenvalue weighted by molar-refractivity contribution is -0.384. The second-order valence-electron chi connectivity index (χ2n) is 3.81. The minimum Gasteiger partial charge on any atom is -0.323 e. The van der Waals surface area contributed by atoms with E-state index in [1.165, 1.54) is 42.2 Å². The Morgan fingerprint density at radius 2 is 1.95 bits per heavy atom. The molecule has 5 nitrogen and oxygen atoms in total. The van der Waals surface area contributed by atoms with Crippen molar-refractivity contribution >= 4 is 23.7 Å². The van der Waals surface area contributed by atoms with Gasteiger partial charge in [0.15, 0.2) is 0 Å². The van der Waals surface area contributed by atoms with Crippen LogP contribution in [-0.4, -0.2) is 11.1 Å². The van der Waals surface area contributed by atoms with Gasteiger partial charge in [-0.3, -0.25) is 10.1 Å². The van der Waals surface area contributed by atoms with Gasteiger partial charge in [0.25, 0.3) is 5.69 Å². The summed E-state index contributed by atoms with van der Waals surface area (Å²) in [5, 5.41) is 14.1. The molecule has 0 bridgehead atoms. The number of benzene rings is 2. The topological polar surface area (TPSA) is 81.5 Å². The summed E-state index contributed by atoms with van der Waals surface area (Å²) < 4.78 is 12.8. The Bertz CT molecular complexity index is 659. The highest BCUT2D eigenvalue weighted by atomic mass is 32.2. The highest BCUT2D eigenvalue weighted by Crippen LogP contribution is 2.31. The van der Waals surface area contributed by atoms with Crippen LogP contribution in [0.15, 0.2) is 57.4 Å². The number of nitro groups is 1. The Morgan fingerprint density at radius 3 is 2.55 bits per heavy atom. The first-order valence-electron chi connectivity index (χ1n) is 5.55. The Kier molecular flexibility index (Phi) is 4.31. The molecule has 2 aromatic carbocycles. The van der Waals surface area contributed by atoms with Crippen LogP contribution in [-0.2, 0) is 0 Å². The third-order valence-electron chi connectivity index (χ3n) is 2.46. The molecule has 0 radical (unpaired) electrons. The average Bonchev–Trinajstić information content (AvgIpc) is 2.43. The van der Waals surface area contributed by atoms with Crippen molar-refractivity contribution < 1.29 is 9.31 Å². The van der Waals surface area contributed by atoms with Gasteiger partial charge >= 0.3 is 0 Å². The van der Waals surface area contributed by atoms with Crippen LogP contribution in [0.3, 0.4) is 0 Å². The fourth-order valence-electron chi connectivity index (χ4n) is 1.55. The van der Waals surface area contributed by atoms with E-state index in [-0.39, 0.29) is 11.5 Å². The molecule has 7 heteroatoms. The summed E-state index contributed by atoms with van der Waals surface area (Å²) in [6, 6.07) is 10.4. The van der Waals surface area contributed by atoms with Crippen molar-refractivity contribution in [1.29, 1.82) is 0 Å². The molecule has 20 heavy (non-hydrogen) atoms. The molecule has 0 saturated heterocycles. The lowest BCUT2D eigenvalue weighted by Crippen LogP contribution is -1.94. The predicted octanol–water partition coefficient (Wildman–Crippen LogP) is 3.18. The lowest BCUT2D eigenvalue weighted by Gasteiger charge is -2.05. The standard InChI is InChI=1S/C13H10FN3O2S/c14-10-1-4-12(5-2-10)20-13-6-3-11(17(18)19)7-9(13)8-16-15/h1-8H,15H2. The number of non-ortho nitro benzene ring substituents is 1. The summed E-state index contributed by atoms with van der Waals surface area (Å²) in [6.45, 7) is 0. The molecule has 0 spiro atoms. The molecule has 0 aliphatic rings. The van der Waals surface area contributed by atoms with Gasteiger partial charge < -0.3 is 5.84 Å². The van der Waals surface area contributed by atoms with Crippen molar-refractivity contribution in [3.63, 3.8) is 0 Å². The van der Waals surface area contributed by atoms with Gasteiger partial charge in [-0.2, -0.15) is 5.10 Å². The number of halogens is 1. The van der Waals surface area contributed by atoms with E-state index in [1.54, 1.807) is 18.2 Å². The van der Waals surface area contributed by atoms with Crippen molar-refractivity contribution in [2.75, 3.05) is 0 Å². The van der Waals surface area contributed by atoms with E-state index in [0.29, 0.717) is 5.56 Å². The van der Waals surface area contributed by atoms with Gasteiger partial charge in [0.2, 0.25) is 0 Å². The number of nitro benzene ring substituents is 1. The Hall–Kier alpha value is -2.41. The molecule has 2 aromatic rings. The fraction of sp³-hybridized carbons (Fsp3) is 0. The van der Waals surface area contributed by atoms with Gasteiger partial charge in [-0.05, 0) is 30.3 Å². The van der Waals surface area contributed by atoms with Crippen molar-refractivity contribution in [2.24, 2.45) is 10.9 Å². The zero-order valence-corrected chi connectivity index (χ0v) is 11.0. The van der Waals surface area contributed by atoms with Gasteiger partial charge in [0, 0.05) is 27.5 Å². The first-order chi connectivity index (χ1) is 9.60. The highest BCUT2D eigenvalue weighted by molar-refractivity contribution is 7.99. The van der Waals surface area contributed by atoms with Crippen LogP contribution < -0.4 is 5.84 Å². The molecule has 0 amide bonds. The molecular formula is C13H10FN3O2S. The van der Waals surface area contributed by atoms with Crippen LogP contribution in [0.5, 0.6) is 0 Å². The number of hydrogen-bond donors (Lipinski definition) is 1. The number of nitrogens with two attached hydrogens (primary N) is 1. The van der Waals surface area contributed by atoms with Gasteiger partial charge in [0.1, 0.15) is 5.82 Å². The maximum atomic E-state index is 12.8. The first kappa shape index (κ1) is 14.0. The van der Waals surface area contributed by atoms with Crippen molar-refractivity contribution in [1.82, 2.24) is 0 Å². The summed E-state index contributed by atoms with van der Waals surface area (Å²) >= 11 is 1.35. The molecule has 2 N–H and O–H groups in total. The fourth-order valence-corrected chi connectivity index (χ4v) is 2.44. The number of nitrogens with zero attached hydrogens (tertiary/aromatic N) is 2. The largest absolute Gasteiger partial charge is 0.323 e. The SMILES string of the molecule is NN=Cc1cc([N+](=O)[O-])ccc1Sc1ccc(F)cc1. The Balaban J connectivity index is 2.35. The molecule has 0 unspecified atom stereocenters.